The lowest BCUT2D eigenvalue weighted by Gasteiger charge is -2.14. The summed E-state index contributed by atoms with van der Waals surface area (Å²) < 4.78 is 17.1. The van der Waals surface area contributed by atoms with Crippen LogP contribution in [0.3, 0.4) is 0 Å². The van der Waals surface area contributed by atoms with Gasteiger partial charge in [0.05, 0.1) is 12.0 Å². The second-order valence-corrected chi connectivity index (χ2v) is 14.3. The van der Waals surface area contributed by atoms with Gasteiger partial charge in [-0.05, 0) is 42.9 Å². The van der Waals surface area contributed by atoms with E-state index < -0.39 is 8.07 Å². The third-order valence-corrected chi connectivity index (χ3v) is 6.54. The molecule has 0 saturated heterocycles. The molecule has 0 radical (unpaired) electrons. The number of aromatic nitrogens is 1. The van der Waals surface area contributed by atoms with Gasteiger partial charge in [-0.2, -0.15) is 0 Å². The molecule has 2 heterocycles. The Hall–Kier alpha value is -2.94. The van der Waals surface area contributed by atoms with Crippen LogP contribution in [0.2, 0.25) is 25.7 Å². The second-order valence-electron chi connectivity index (χ2n) is 8.63. The number of hydrogen-bond acceptors (Lipinski definition) is 7. The van der Waals surface area contributed by atoms with E-state index in [4.69, 9.17) is 24.7 Å². The van der Waals surface area contributed by atoms with E-state index in [2.05, 4.69) is 29.6 Å². The van der Waals surface area contributed by atoms with E-state index in [1.807, 2.05) is 24.3 Å². The van der Waals surface area contributed by atoms with Crippen LogP contribution in [0.5, 0.6) is 11.6 Å². The highest BCUT2D eigenvalue weighted by Crippen LogP contribution is 2.28. The van der Waals surface area contributed by atoms with Crippen LogP contribution in [0.25, 0.3) is 11.0 Å². The van der Waals surface area contributed by atoms with E-state index in [-0.39, 0.29) is 13.3 Å². The van der Waals surface area contributed by atoms with Gasteiger partial charge in [0.25, 0.3) is 0 Å². The Morgan fingerprint density at radius 3 is 2.78 bits per heavy atom. The van der Waals surface area contributed by atoms with Crippen LogP contribution in [-0.2, 0) is 11.2 Å². The van der Waals surface area contributed by atoms with Crippen LogP contribution in [0.4, 0.5) is 0 Å². The van der Waals surface area contributed by atoms with Crippen LogP contribution < -0.4 is 10.5 Å². The average molecular weight is 454 g/mol. The number of aliphatic imine (C=N–C) groups is 1. The normalized spacial score (nSPS) is 12.7. The monoisotopic (exact) mass is 453 g/mol. The molecular weight excluding hydrogens is 422 g/mol. The van der Waals surface area contributed by atoms with Gasteiger partial charge in [0.2, 0.25) is 5.88 Å². The van der Waals surface area contributed by atoms with Crippen LogP contribution in [-0.4, -0.2) is 43.8 Å². The molecule has 0 aliphatic carbocycles. The molecule has 3 aromatic rings. The topological polar surface area (TPSA) is 103 Å². The first-order chi connectivity index (χ1) is 15.4. The number of nitrogens with two attached hydrogens (primary N) is 1. The molecule has 0 amide bonds. The van der Waals surface area contributed by atoms with Gasteiger partial charge in [-0.3, -0.25) is 4.99 Å². The zero-order valence-corrected chi connectivity index (χ0v) is 19.9. The fraction of sp³-hybridized carbons (Fsp3) is 0.333. The summed E-state index contributed by atoms with van der Waals surface area (Å²) in [7, 11) is -1.12. The molecule has 0 atom stereocenters. The molecule has 0 bridgehead atoms. The number of furan rings is 1. The molecule has 170 valence electrons. The molecule has 8 heteroatoms. The number of allylic oxidation sites excluding steroid dienone is 1. The molecule has 0 spiro atoms. The van der Waals surface area contributed by atoms with Crippen LogP contribution in [0.15, 0.2) is 64.5 Å². The number of benzene rings is 1. The van der Waals surface area contributed by atoms with Crippen LogP contribution in [0, 0.1) is 0 Å². The fourth-order valence-corrected chi connectivity index (χ4v) is 3.80. The molecule has 1 aromatic carbocycles. The number of hydrogen-bond donors (Lipinski definition) is 2. The maximum absolute atomic E-state index is 9.14. The maximum atomic E-state index is 9.14. The standard InChI is InChI=1S/C24H31N3O4Si/c1-32(2,3)13-12-29-17-27-22(8-10-25)18-4-7-24(26-15-18)31-20-5-6-21-19(9-11-28)16-30-23(21)14-20/h4-8,10,14-16,28H,9,11-13,17,25H2,1-3H3. The molecule has 7 nitrogen and oxygen atoms in total. The number of aliphatic hydroxyl groups is 1. The van der Waals surface area contributed by atoms with E-state index in [1.54, 1.807) is 24.6 Å². The molecule has 0 saturated carbocycles. The highest BCUT2D eigenvalue weighted by atomic mass is 28.3. The van der Waals surface area contributed by atoms with Gasteiger partial charge in [-0.1, -0.05) is 19.6 Å². The van der Waals surface area contributed by atoms with Crippen LogP contribution in [0.1, 0.15) is 11.1 Å². The van der Waals surface area contributed by atoms with E-state index in [9.17, 15) is 0 Å². The van der Waals surface area contributed by atoms with Gasteiger partial charge in [-0.15, -0.1) is 0 Å². The number of nitrogens with zero attached hydrogens (tertiary/aromatic N) is 2. The first-order valence-corrected chi connectivity index (χ1v) is 14.4. The molecule has 0 unspecified atom stereocenters. The van der Waals surface area contributed by atoms with Gasteiger partial charge in [0, 0.05) is 56.1 Å². The number of aliphatic hydroxyl groups excluding tert-OH is 1. The smallest absolute Gasteiger partial charge is 0.219 e. The summed E-state index contributed by atoms with van der Waals surface area (Å²) >= 11 is 0. The largest absolute Gasteiger partial charge is 0.464 e. The van der Waals surface area contributed by atoms with Gasteiger partial charge >= 0.3 is 0 Å². The highest BCUT2D eigenvalue weighted by Gasteiger charge is 2.12. The van der Waals surface area contributed by atoms with E-state index in [1.165, 1.54) is 6.20 Å². The Morgan fingerprint density at radius 1 is 1.25 bits per heavy atom. The Kier molecular flexibility index (Phi) is 8.21. The summed E-state index contributed by atoms with van der Waals surface area (Å²) in [5.74, 6) is 1.08. The van der Waals surface area contributed by atoms with Crippen molar-refractivity contribution in [1.29, 1.82) is 0 Å². The molecule has 2 aromatic heterocycles. The quantitative estimate of drug-likeness (QED) is 0.247. The Labute approximate surface area is 189 Å². The first kappa shape index (κ1) is 23.7. The number of rotatable bonds is 11. The van der Waals surface area contributed by atoms with Crippen molar-refractivity contribution in [3.63, 3.8) is 0 Å². The molecule has 0 aliphatic heterocycles. The minimum atomic E-state index is -1.12. The van der Waals surface area contributed by atoms with E-state index >= 15 is 0 Å². The van der Waals surface area contributed by atoms with Crippen molar-refractivity contribution >= 4 is 24.8 Å². The molecule has 3 N–H and O–H groups in total. The lowest BCUT2D eigenvalue weighted by atomic mass is 10.1. The molecule has 32 heavy (non-hydrogen) atoms. The summed E-state index contributed by atoms with van der Waals surface area (Å²) in [4.78, 5) is 8.89. The lowest BCUT2D eigenvalue weighted by molar-refractivity contribution is 0.155. The van der Waals surface area contributed by atoms with Crippen molar-refractivity contribution in [3.05, 3.63) is 66.2 Å². The highest BCUT2D eigenvalue weighted by molar-refractivity contribution is 6.76. The van der Waals surface area contributed by atoms with Crippen molar-refractivity contribution in [2.24, 2.45) is 10.7 Å². The summed E-state index contributed by atoms with van der Waals surface area (Å²) in [6.45, 7) is 8.03. The SMILES string of the molecule is C[Si](C)(C)CCOCN=C(C=CN)c1ccc(Oc2ccc3c(CCO)coc3c2)nc1. The summed E-state index contributed by atoms with van der Waals surface area (Å²) in [5.41, 5.74) is 8.79. The Balaban J connectivity index is 1.64. The summed E-state index contributed by atoms with van der Waals surface area (Å²) in [6, 6.07) is 10.4. The third kappa shape index (κ3) is 6.78. The van der Waals surface area contributed by atoms with E-state index in [0.717, 1.165) is 22.6 Å². The van der Waals surface area contributed by atoms with Crippen LogP contribution >= 0.6 is 0 Å². The Bertz CT molecular complexity index is 1070. The Morgan fingerprint density at radius 2 is 2.09 bits per heavy atom. The van der Waals surface area contributed by atoms with Gasteiger partial charge in [-0.25, -0.2) is 4.98 Å². The lowest BCUT2D eigenvalue weighted by Crippen LogP contribution is -2.21. The zero-order chi connectivity index (χ0) is 23.0. The molecule has 0 aliphatic rings. The predicted molar refractivity (Wildman–Crippen MR) is 130 cm³/mol. The van der Waals surface area contributed by atoms with Crippen molar-refractivity contribution in [2.45, 2.75) is 32.1 Å². The van der Waals surface area contributed by atoms with Crippen molar-refractivity contribution in [3.8, 4) is 11.6 Å². The van der Waals surface area contributed by atoms with E-state index in [0.29, 0.717) is 36.0 Å². The minimum absolute atomic E-state index is 0.0817. The number of fused-ring (bicyclic) bond motifs is 1. The van der Waals surface area contributed by atoms with Crippen molar-refractivity contribution in [1.82, 2.24) is 4.98 Å². The maximum Gasteiger partial charge on any atom is 0.219 e. The predicted octanol–water partition coefficient (Wildman–Crippen LogP) is 4.73. The number of pyridine rings is 1. The van der Waals surface area contributed by atoms with Crippen molar-refractivity contribution in [2.75, 3.05) is 19.9 Å². The van der Waals surface area contributed by atoms with Crippen molar-refractivity contribution < 1.29 is 19.0 Å². The molecule has 0 fully saturated rings. The van der Waals surface area contributed by atoms with Gasteiger partial charge in [0.15, 0.2) is 0 Å². The summed E-state index contributed by atoms with van der Waals surface area (Å²) in [6.07, 6.45) is 7.10. The van der Waals surface area contributed by atoms with Gasteiger partial charge < -0.3 is 24.7 Å². The first-order valence-electron chi connectivity index (χ1n) is 10.7. The number of ether oxygens (including phenoxy) is 2. The average Bonchev–Trinajstić information content (AvgIpc) is 3.15. The summed E-state index contributed by atoms with van der Waals surface area (Å²) in [5, 5.41) is 10.1. The third-order valence-electron chi connectivity index (χ3n) is 4.84. The van der Waals surface area contributed by atoms with Gasteiger partial charge in [0.1, 0.15) is 18.1 Å². The second kappa shape index (κ2) is 11.1. The fourth-order valence-electron chi connectivity index (χ4n) is 3.04. The molecule has 3 rings (SSSR count). The zero-order valence-electron chi connectivity index (χ0n) is 18.9. The minimum Gasteiger partial charge on any atom is -0.464 e. The molecular formula is C24H31N3O4Si.